The highest BCUT2D eigenvalue weighted by Gasteiger charge is 2.19. The summed E-state index contributed by atoms with van der Waals surface area (Å²) < 4.78 is 9.38. The summed E-state index contributed by atoms with van der Waals surface area (Å²) in [6, 6.07) is 26.4. The quantitative estimate of drug-likeness (QED) is 0.249. The van der Waals surface area contributed by atoms with Crippen molar-refractivity contribution in [3.8, 4) is 11.4 Å². The first-order valence-corrected chi connectivity index (χ1v) is 12.7. The van der Waals surface area contributed by atoms with Crippen LogP contribution in [0.15, 0.2) is 90.6 Å². The zero-order chi connectivity index (χ0) is 24.5. The van der Waals surface area contributed by atoms with Crippen LogP contribution in [-0.4, -0.2) is 32.2 Å². The fraction of sp³-hybridized carbons (Fsp3) is 0.138. The molecule has 0 bridgehead atoms. The molecule has 6 aromatic rings. The predicted octanol–water partition coefficient (Wildman–Crippen LogP) is 6.19. The van der Waals surface area contributed by atoms with Gasteiger partial charge in [-0.2, -0.15) is 0 Å². The Bertz CT molecular complexity index is 1670. The lowest BCUT2D eigenvalue weighted by Gasteiger charge is -2.12. The molecule has 0 saturated heterocycles. The molecule has 0 fully saturated rings. The van der Waals surface area contributed by atoms with E-state index in [9.17, 15) is 4.79 Å². The highest BCUT2D eigenvalue weighted by Crippen LogP contribution is 2.32. The third-order valence-electron chi connectivity index (χ3n) is 6.42. The van der Waals surface area contributed by atoms with E-state index < -0.39 is 0 Å². The second-order valence-corrected chi connectivity index (χ2v) is 9.68. The molecule has 0 N–H and O–H groups in total. The van der Waals surface area contributed by atoms with Crippen molar-refractivity contribution in [2.24, 2.45) is 0 Å². The van der Waals surface area contributed by atoms with E-state index >= 15 is 0 Å². The number of aromatic nitrogens is 4. The number of fused-ring (bicyclic) bond motifs is 2. The fourth-order valence-corrected chi connectivity index (χ4v) is 5.39. The summed E-state index contributed by atoms with van der Waals surface area (Å²) in [6.07, 6.45) is 2.77. The molecule has 0 unspecified atom stereocenters. The zero-order valence-corrected chi connectivity index (χ0v) is 20.6. The number of carbonyl (C=O) groups is 1. The van der Waals surface area contributed by atoms with Crippen LogP contribution < -0.4 is 0 Å². The van der Waals surface area contributed by atoms with Gasteiger partial charge in [-0.15, -0.1) is 11.3 Å². The molecule has 0 aliphatic carbocycles. The first kappa shape index (κ1) is 22.2. The molecule has 0 atom stereocenters. The van der Waals surface area contributed by atoms with Gasteiger partial charge in [0, 0.05) is 17.0 Å². The van der Waals surface area contributed by atoms with Crippen LogP contribution in [0.5, 0.6) is 0 Å². The number of benzene rings is 3. The van der Waals surface area contributed by atoms with Crippen LogP contribution in [0.3, 0.4) is 0 Å². The van der Waals surface area contributed by atoms with Crippen molar-refractivity contribution in [3.05, 3.63) is 107 Å². The molecule has 6 nitrogen and oxygen atoms in total. The summed E-state index contributed by atoms with van der Waals surface area (Å²) in [6.45, 7) is 1.50. The van der Waals surface area contributed by atoms with Crippen LogP contribution >= 0.6 is 11.3 Å². The van der Waals surface area contributed by atoms with Gasteiger partial charge in [-0.1, -0.05) is 42.5 Å². The summed E-state index contributed by atoms with van der Waals surface area (Å²) in [4.78, 5) is 23.2. The second-order valence-electron chi connectivity index (χ2n) is 8.64. The van der Waals surface area contributed by atoms with Crippen molar-refractivity contribution in [1.29, 1.82) is 0 Å². The topological polar surface area (TPSA) is 61.9 Å². The van der Waals surface area contributed by atoms with E-state index in [2.05, 4.69) is 62.0 Å². The molecular weight excluding hydrogens is 468 g/mol. The van der Waals surface area contributed by atoms with Gasteiger partial charge in [-0.25, -0.2) is 14.8 Å². The Kier molecular flexibility index (Phi) is 5.83. The highest BCUT2D eigenvalue weighted by atomic mass is 32.1. The van der Waals surface area contributed by atoms with Crippen molar-refractivity contribution in [2.75, 3.05) is 7.11 Å². The Balaban J connectivity index is 1.52. The summed E-state index contributed by atoms with van der Waals surface area (Å²) in [5.74, 6) is 0.495. The standard InChI is InChI=1S/C29H24N4O2S/c1-35-29(34)21-12-13-26-25(17-21)31-28(33(26)15-14-20-7-3-2-4-8-20)23-10-5-11-24-27(23)32(19-30-24)18-22-9-6-16-36-22/h2-13,16-17,19H,14-15,18H2,1H3. The van der Waals surface area contributed by atoms with Crippen molar-refractivity contribution < 1.29 is 9.53 Å². The molecule has 6 rings (SSSR count). The van der Waals surface area contributed by atoms with Gasteiger partial charge in [0.15, 0.2) is 0 Å². The number of hydrogen-bond acceptors (Lipinski definition) is 5. The number of aryl methyl sites for hydroxylation is 2. The van der Waals surface area contributed by atoms with E-state index in [4.69, 9.17) is 9.72 Å². The summed E-state index contributed by atoms with van der Waals surface area (Å²) in [5, 5.41) is 2.09. The predicted molar refractivity (Wildman–Crippen MR) is 143 cm³/mol. The number of ether oxygens (including phenoxy) is 1. The molecule has 3 heterocycles. The summed E-state index contributed by atoms with van der Waals surface area (Å²) >= 11 is 1.74. The number of thiophene rings is 1. The number of carbonyl (C=O) groups excluding carboxylic acids is 1. The Labute approximate surface area is 212 Å². The van der Waals surface area contributed by atoms with Crippen molar-refractivity contribution in [1.82, 2.24) is 19.1 Å². The van der Waals surface area contributed by atoms with Gasteiger partial charge in [-0.3, -0.25) is 0 Å². The molecule has 0 amide bonds. The SMILES string of the molecule is COC(=O)c1ccc2c(c1)nc(-c1cccc3ncn(Cc4cccs4)c13)n2CCc1ccccc1. The minimum Gasteiger partial charge on any atom is -0.465 e. The number of para-hydroxylation sites is 1. The first-order valence-electron chi connectivity index (χ1n) is 11.8. The lowest BCUT2D eigenvalue weighted by Crippen LogP contribution is -2.05. The highest BCUT2D eigenvalue weighted by molar-refractivity contribution is 7.09. The number of imidazole rings is 2. The Morgan fingerprint density at radius 1 is 0.972 bits per heavy atom. The maximum atomic E-state index is 12.2. The Morgan fingerprint density at radius 2 is 1.86 bits per heavy atom. The van der Waals surface area contributed by atoms with Crippen LogP contribution in [0.1, 0.15) is 20.8 Å². The number of rotatable bonds is 7. The van der Waals surface area contributed by atoms with Crippen molar-refractivity contribution in [2.45, 2.75) is 19.5 Å². The number of esters is 1. The smallest absolute Gasteiger partial charge is 0.337 e. The molecule has 7 heteroatoms. The molecule has 0 saturated carbocycles. The Hall–Kier alpha value is -4.23. The molecule has 3 aromatic heterocycles. The lowest BCUT2D eigenvalue weighted by molar-refractivity contribution is 0.0601. The lowest BCUT2D eigenvalue weighted by atomic mass is 10.1. The van der Waals surface area contributed by atoms with Gasteiger partial charge >= 0.3 is 5.97 Å². The average molecular weight is 493 g/mol. The van der Waals surface area contributed by atoms with Crippen LogP contribution in [0.25, 0.3) is 33.5 Å². The van der Waals surface area contributed by atoms with Crippen molar-refractivity contribution in [3.63, 3.8) is 0 Å². The summed E-state index contributed by atoms with van der Waals surface area (Å²) in [7, 11) is 1.39. The van der Waals surface area contributed by atoms with Gasteiger partial charge in [0.25, 0.3) is 0 Å². The molecule has 0 aliphatic heterocycles. The normalized spacial score (nSPS) is 11.4. The largest absolute Gasteiger partial charge is 0.465 e. The first-order chi connectivity index (χ1) is 17.7. The maximum Gasteiger partial charge on any atom is 0.337 e. The van der Waals surface area contributed by atoms with Gasteiger partial charge in [-0.05, 0) is 53.8 Å². The average Bonchev–Trinajstić information content (AvgIpc) is 3.66. The molecule has 36 heavy (non-hydrogen) atoms. The number of methoxy groups -OCH3 is 1. The monoisotopic (exact) mass is 492 g/mol. The summed E-state index contributed by atoms with van der Waals surface area (Å²) in [5.41, 5.74) is 6.50. The minimum absolute atomic E-state index is 0.367. The van der Waals surface area contributed by atoms with Crippen LogP contribution in [0, 0.1) is 0 Å². The molecule has 3 aromatic carbocycles. The van der Waals surface area contributed by atoms with E-state index in [1.165, 1.54) is 17.6 Å². The third-order valence-corrected chi connectivity index (χ3v) is 7.28. The van der Waals surface area contributed by atoms with Gasteiger partial charge in [0.05, 0.1) is 47.6 Å². The van der Waals surface area contributed by atoms with Gasteiger partial charge < -0.3 is 13.9 Å². The minimum atomic E-state index is -0.367. The van der Waals surface area contributed by atoms with Crippen LogP contribution in [0.4, 0.5) is 0 Å². The Morgan fingerprint density at radius 3 is 2.67 bits per heavy atom. The molecule has 0 radical (unpaired) electrons. The molecular formula is C29H24N4O2S. The number of nitrogens with zero attached hydrogens (tertiary/aromatic N) is 4. The second kappa shape index (κ2) is 9.43. The van der Waals surface area contributed by atoms with Gasteiger partial charge in [0.2, 0.25) is 0 Å². The fourth-order valence-electron chi connectivity index (χ4n) is 4.69. The van der Waals surface area contributed by atoms with E-state index in [0.717, 1.165) is 53.0 Å². The van der Waals surface area contributed by atoms with E-state index in [0.29, 0.717) is 5.56 Å². The third kappa shape index (κ3) is 4.07. The number of hydrogen-bond donors (Lipinski definition) is 0. The van der Waals surface area contributed by atoms with Crippen molar-refractivity contribution >= 4 is 39.4 Å². The van der Waals surface area contributed by atoms with Gasteiger partial charge in [0.1, 0.15) is 5.82 Å². The van der Waals surface area contributed by atoms with E-state index in [1.54, 1.807) is 17.4 Å². The molecule has 0 aliphatic rings. The van der Waals surface area contributed by atoms with E-state index in [-0.39, 0.29) is 5.97 Å². The molecule has 0 spiro atoms. The molecule has 178 valence electrons. The zero-order valence-electron chi connectivity index (χ0n) is 19.8. The van der Waals surface area contributed by atoms with E-state index in [1.807, 2.05) is 36.7 Å². The maximum absolute atomic E-state index is 12.2. The van der Waals surface area contributed by atoms with Crippen LogP contribution in [0.2, 0.25) is 0 Å². The van der Waals surface area contributed by atoms with Crippen LogP contribution in [-0.2, 0) is 24.2 Å².